The van der Waals surface area contributed by atoms with Gasteiger partial charge in [0.1, 0.15) is 0 Å². The molecule has 33 heavy (non-hydrogen) atoms. The van der Waals surface area contributed by atoms with E-state index in [1.165, 1.54) is 18.2 Å². The summed E-state index contributed by atoms with van der Waals surface area (Å²) in [6.45, 7) is 3.97. The molecule has 0 aromatic heterocycles. The molecule has 7 heteroatoms. The second kappa shape index (κ2) is 8.28. The minimum absolute atomic E-state index is 0.122. The fourth-order valence-corrected chi connectivity index (χ4v) is 4.39. The highest BCUT2D eigenvalue weighted by Crippen LogP contribution is 2.50. The molecule has 0 saturated heterocycles. The minimum Gasteiger partial charge on any atom is -0.504 e. The van der Waals surface area contributed by atoms with Crippen molar-refractivity contribution < 1.29 is 28.2 Å². The van der Waals surface area contributed by atoms with Gasteiger partial charge >= 0.3 is 6.18 Å². The van der Waals surface area contributed by atoms with Crippen LogP contribution in [0, 0.1) is 5.92 Å². The lowest BCUT2D eigenvalue weighted by atomic mass is 9.85. The van der Waals surface area contributed by atoms with Crippen molar-refractivity contribution in [3.63, 3.8) is 0 Å². The summed E-state index contributed by atoms with van der Waals surface area (Å²) >= 11 is 0. The predicted octanol–water partition coefficient (Wildman–Crippen LogP) is 5.92. The smallest absolute Gasteiger partial charge is 0.395 e. The van der Waals surface area contributed by atoms with E-state index in [9.17, 15) is 28.2 Å². The zero-order valence-electron chi connectivity index (χ0n) is 18.4. The number of allylic oxidation sites excluding steroid dienone is 4. The minimum atomic E-state index is -4.44. The quantitative estimate of drug-likeness (QED) is 0.488. The van der Waals surface area contributed by atoms with Gasteiger partial charge in [-0.1, -0.05) is 50.3 Å². The molecule has 4 nitrogen and oxygen atoms in total. The summed E-state index contributed by atoms with van der Waals surface area (Å²) in [5, 5.41) is 22.1. The molecule has 0 aliphatic heterocycles. The average Bonchev–Trinajstić information content (AvgIpc) is 3.57. The summed E-state index contributed by atoms with van der Waals surface area (Å²) in [4.78, 5) is 13.2. The summed E-state index contributed by atoms with van der Waals surface area (Å²) in [5.41, 5.74) is 1.92. The van der Waals surface area contributed by atoms with E-state index in [4.69, 9.17) is 0 Å². The van der Waals surface area contributed by atoms with Gasteiger partial charge in [-0.3, -0.25) is 4.79 Å². The lowest BCUT2D eigenvalue weighted by Crippen LogP contribution is -2.36. The van der Waals surface area contributed by atoms with E-state index in [1.54, 1.807) is 24.3 Å². The fourth-order valence-electron chi connectivity index (χ4n) is 4.39. The fraction of sp³-hybridized carbons (Fsp3) is 0.346. The van der Waals surface area contributed by atoms with Crippen LogP contribution in [0.5, 0.6) is 11.5 Å². The summed E-state index contributed by atoms with van der Waals surface area (Å²) in [6, 6.07) is 11.6. The molecule has 0 spiro atoms. The molecular weight excluding hydrogens is 431 g/mol. The monoisotopic (exact) mass is 457 g/mol. The van der Waals surface area contributed by atoms with Crippen LogP contribution in [0.15, 0.2) is 60.3 Å². The number of carbonyl (C=O) groups excluding carboxylic acids is 1. The molecule has 174 valence electrons. The first-order valence-corrected chi connectivity index (χ1v) is 10.9. The van der Waals surface area contributed by atoms with Gasteiger partial charge in [0.25, 0.3) is 0 Å². The third-order valence-corrected chi connectivity index (χ3v) is 6.45. The molecule has 0 heterocycles. The first-order valence-electron chi connectivity index (χ1n) is 10.9. The molecule has 2 aliphatic rings. The molecule has 3 N–H and O–H groups in total. The Morgan fingerprint density at radius 2 is 1.79 bits per heavy atom. The Kier molecular flexibility index (Phi) is 5.76. The molecule has 1 saturated carbocycles. The molecule has 2 aromatic rings. The SMILES string of the molecule is CC(C)c1ccccc1C1=CC(C(F)(F)F)CC(NC(=O)C2(c3ccc(O)c(O)c3)CC2)=C1. The number of halogens is 3. The molecule has 0 radical (unpaired) electrons. The number of phenolic OH excluding ortho intramolecular Hbond substituents is 2. The van der Waals surface area contributed by atoms with E-state index in [1.807, 2.05) is 26.0 Å². The van der Waals surface area contributed by atoms with E-state index < -0.39 is 23.4 Å². The van der Waals surface area contributed by atoms with E-state index in [-0.39, 0.29) is 29.5 Å². The Balaban J connectivity index is 1.66. The maximum atomic E-state index is 13.8. The van der Waals surface area contributed by atoms with Gasteiger partial charge < -0.3 is 15.5 Å². The Hall–Kier alpha value is -3.22. The molecule has 0 bridgehead atoms. The molecule has 1 amide bonds. The number of hydrogen-bond acceptors (Lipinski definition) is 3. The van der Waals surface area contributed by atoms with Crippen molar-refractivity contribution in [2.75, 3.05) is 0 Å². The van der Waals surface area contributed by atoms with Gasteiger partial charge in [0.15, 0.2) is 11.5 Å². The first-order chi connectivity index (χ1) is 15.5. The molecule has 1 fully saturated rings. The topological polar surface area (TPSA) is 69.6 Å². The number of aromatic hydroxyl groups is 2. The standard InChI is InChI=1S/C26H26F3NO3/c1-15(2)20-5-3-4-6-21(20)16-11-18(26(27,28)29)13-19(12-16)30-24(33)25(9-10-25)17-7-8-22(31)23(32)14-17/h3-8,11-12,14-15,18,31-32H,9-10,13H2,1-2H3,(H,30,33). The van der Waals surface area contributed by atoms with Crippen LogP contribution >= 0.6 is 0 Å². The third kappa shape index (κ3) is 4.49. The van der Waals surface area contributed by atoms with Gasteiger partial charge in [0.05, 0.1) is 11.3 Å². The second-order valence-electron chi connectivity index (χ2n) is 9.13. The molecule has 2 aromatic carbocycles. The van der Waals surface area contributed by atoms with E-state index in [2.05, 4.69) is 5.32 Å². The van der Waals surface area contributed by atoms with Crippen LogP contribution in [0.25, 0.3) is 5.57 Å². The average molecular weight is 457 g/mol. The Morgan fingerprint density at radius 3 is 2.39 bits per heavy atom. The van der Waals surface area contributed by atoms with Crippen molar-refractivity contribution in [1.29, 1.82) is 0 Å². The van der Waals surface area contributed by atoms with Crippen LogP contribution in [-0.2, 0) is 10.2 Å². The molecule has 1 unspecified atom stereocenters. The molecule has 4 rings (SSSR count). The van der Waals surface area contributed by atoms with Gasteiger partial charge in [-0.25, -0.2) is 0 Å². The lowest BCUT2D eigenvalue weighted by molar-refractivity contribution is -0.161. The van der Waals surface area contributed by atoms with Crippen molar-refractivity contribution in [1.82, 2.24) is 5.32 Å². The van der Waals surface area contributed by atoms with Crippen LogP contribution in [-0.4, -0.2) is 22.3 Å². The first kappa shape index (κ1) is 23.0. The van der Waals surface area contributed by atoms with Crippen LogP contribution in [0.3, 0.4) is 0 Å². The van der Waals surface area contributed by atoms with Gasteiger partial charge in [-0.2, -0.15) is 13.2 Å². The number of alkyl halides is 3. The number of amides is 1. The van der Waals surface area contributed by atoms with Crippen LogP contribution in [0.2, 0.25) is 0 Å². The maximum Gasteiger partial charge on any atom is 0.395 e. The predicted molar refractivity (Wildman–Crippen MR) is 120 cm³/mol. The summed E-state index contributed by atoms with van der Waals surface area (Å²) in [6.07, 6.45) is -0.898. The van der Waals surface area contributed by atoms with E-state index >= 15 is 0 Å². The van der Waals surface area contributed by atoms with E-state index in [0.29, 0.717) is 24.0 Å². The van der Waals surface area contributed by atoms with Gasteiger partial charge in [-0.05, 0) is 59.2 Å². The zero-order valence-corrected chi connectivity index (χ0v) is 18.4. The van der Waals surface area contributed by atoms with Crippen LogP contribution in [0.4, 0.5) is 13.2 Å². The second-order valence-corrected chi connectivity index (χ2v) is 9.13. The lowest BCUT2D eigenvalue weighted by Gasteiger charge is -2.27. The molecule has 2 aliphatic carbocycles. The zero-order chi connectivity index (χ0) is 24.0. The number of nitrogens with one attached hydrogen (secondary N) is 1. The highest BCUT2D eigenvalue weighted by atomic mass is 19.4. The van der Waals surface area contributed by atoms with Crippen LogP contribution < -0.4 is 5.32 Å². The summed E-state index contributed by atoms with van der Waals surface area (Å²) < 4.78 is 41.3. The number of carbonyl (C=O) groups is 1. The van der Waals surface area contributed by atoms with Crippen molar-refractivity contribution in [2.45, 2.75) is 50.6 Å². The van der Waals surface area contributed by atoms with Crippen molar-refractivity contribution in [2.24, 2.45) is 5.92 Å². The van der Waals surface area contributed by atoms with E-state index in [0.717, 1.165) is 11.1 Å². The largest absolute Gasteiger partial charge is 0.504 e. The third-order valence-electron chi connectivity index (χ3n) is 6.45. The van der Waals surface area contributed by atoms with Crippen molar-refractivity contribution >= 4 is 11.5 Å². The van der Waals surface area contributed by atoms with Gasteiger partial charge in [0.2, 0.25) is 5.91 Å². The number of phenols is 2. The van der Waals surface area contributed by atoms with Crippen molar-refractivity contribution in [3.05, 3.63) is 77.0 Å². The van der Waals surface area contributed by atoms with Crippen LogP contribution in [0.1, 0.15) is 55.7 Å². The normalized spacial score (nSPS) is 19.6. The Labute approximate surface area is 190 Å². The highest BCUT2D eigenvalue weighted by Gasteiger charge is 2.52. The maximum absolute atomic E-state index is 13.8. The molecular formula is C26H26F3NO3. The number of benzene rings is 2. The summed E-state index contributed by atoms with van der Waals surface area (Å²) in [5.74, 6) is -2.62. The van der Waals surface area contributed by atoms with Crippen molar-refractivity contribution in [3.8, 4) is 11.5 Å². The number of rotatable bonds is 5. The number of hydrogen-bond donors (Lipinski definition) is 3. The van der Waals surface area contributed by atoms with Gasteiger partial charge in [-0.15, -0.1) is 0 Å². The summed E-state index contributed by atoms with van der Waals surface area (Å²) in [7, 11) is 0. The van der Waals surface area contributed by atoms with Gasteiger partial charge in [0, 0.05) is 12.1 Å². The molecule has 1 atom stereocenters. The highest BCUT2D eigenvalue weighted by molar-refractivity contribution is 5.93. The Morgan fingerprint density at radius 1 is 1.09 bits per heavy atom. The Bertz CT molecular complexity index is 1140.